The summed E-state index contributed by atoms with van der Waals surface area (Å²) in [5.74, 6) is -0.466. The van der Waals surface area contributed by atoms with Crippen LogP contribution in [0.15, 0.2) is 59.5 Å². The molecule has 1 aliphatic rings. The SMILES string of the molecule is CCOC(=O)c1ccc(S(=O)(=O)N2CCN(Cc3cc4ccccc4nc3Cl)CC2)cc1. The molecule has 0 radical (unpaired) electrons. The van der Waals surface area contributed by atoms with Gasteiger partial charge in [0.25, 0.3) is 0 Å². The normalized spacial score (nSPS) is 15.7. The molecule has 9 heteroatoms. The Balaban J connectivity index is 1.41. The number of piperazine rings is 1. The van der Waals surface area contributed by atoms with E-state index in [2.05, 4.69) is 9.88 Å². The Kier molecular flexibility index (Phi) is 6.76. The number of pyridine rings is 1. The van der Waals surface area contributed by atoms with E-state index in [4.69, 9.17) is 16.3 Å². The third kappa shape index (κ3) is 4.78. The molecule has 0 bridgehead atoms. The number of para-hydroxylation sites is 1. The Hall–Kier alpha value is -2.52. The van der Waals surface area contributed by atoms with E-state index in [9.17, 15) is 13.2 Å². The van der Waals surface area contributed by atoms with Gasteiger partial charge >= 0.3 is 5.97 Å². The molecule has 0 aliphatic carbocycles. The minimum absolute atomic E-state index is 0.167. The van der Waals surface area contributed by atoms with Gasteiger partial charge < -0.3 is 4.74 Å². The molecule has 0 N–H and O–H groups in total. The first kappa shape index (κ1) is 22.7. The van der Waals surface area contributed by atoms with Crippen LogP contribution in [0, 0.1) is 0 Å². The lowest BCUT2D eigenvalue weighted by Gasteiger charge is -2.34. The van der Waals surface area contributed by atoms with Gasteiger partial charge in [0.1, 0.15) is 5.15 Å². The van der Waals surface area contributed by atoms with Crippen molar-refractivity contribution in [2.45, 2.75) is 18.4 Å². The Morgan fingerprint density at radius 1 is 1.06 bits per heavy atom. The van der Waals surface area contributed by atoms with Crippen molar-refractivity contribution in [2.75, 3.05) is 32.8 Å². The predicted octanol–water partition coefficient (Wildman–Crippen LogP) is 3.57. The summed E-state index contributed by atoms with van der Waals surface area (Å²) in [6.07, 6.45) is 0. The fourth-order valence-electron chi connectivity index (χ4n) is 3.74. The first-order chi connectivity index (χ1) is 15.4. The van der Waals surface area contributed by atoms with Crippen LogP contribution in [0.2, 0.25) is 5.15 Å². The van der Waals surface area contributed by atoms with Crippen LogP contribution in [0.3, 0.4) is 0 Å². The van der Waals surface area contributed by atoms with Crippen molar-refractivity contribution in [2.24, 2.45) is 0 Å². The maximum absolute atomic E-state index is 13.0. The first-order valence-electron chi connectivity index (χ1n) is 10.4. The minimum Gasteiger partial charge on any atom is -0.462 e. The van der Waals surface area contributed by atoms with Gasteiger partial charge in [0, 0.05) is 43.7 Å². The van der Waals surface area contributed by atoms with Crippen LogP contribution in [-0.4, -0.2) is 61.4 Å². The summed E-state index contributed by atoms with van der Waals surface area (Å²) in [5, 5.41) is 1.50. The van der Waals surface area contributed by atoms with Crippen LogP contribution in [0.25, 0.3) is 10.9 Å². The number of aromatic nitrogens is 1. The molecule has 1 aromatic heterocycles. The monoisotopic (exact) mass is 473 g/mol. The number of fused-ring (bicyclic) bond motifs is 1. The van der Waals surface area contributed by atoms with E-state index >= 15 is 0 Å². The molecule has 0 unspecified atom stereocenters. The molecule has 1 fully saturated rings. The van der Waals surface area contributed by atoms with Crippen LogP contribution in [0.1, 0.15) is 22.8 Å². The van der Waals surface area contributed by atoms with Gasteiger partial charge in [-0.1, -0.05) is 29.8 Å². The lowest BCUT2D eigenvalue weighted by atomic mass is 10.1. The zero-order valence-electron chi connectivity index (χ0n) is 17.7. The van der Waals surface area contributed by atoms with E-state index in [-0.39, 0.29) is 11.5 Å². The lowest BCUT2D eigenvalue weighted by molar-refractivity contribution is 0.0526. The summed E-state index contributed by atoms with van der Waals surface area (Å²) in [4.78, 5) is 18.6. The molecule has 1 saturated heterocycles. The Morgan fingerprint density at radius 2 is 1.75 bits per heavy atom. The highest BCUT2D eigenvalue weighted by atomic mass is 35.5. The molecule has 7 nitrogen and oxygen atoms in total. The Bertz CT molecular complexity index is 1220. The molecule has 0 saturated carbocycles. The van der Waals surface area contributed by atoms with E-state index in [1.165, 1.54) is 28.6 Å². The van der Waals surface area contributed by atoms with E-state index in [1.54, 1.807) is 6.92 Å². The molecule has 0 amide bonds. The second kappa shape index (κ2) is 9.54. The molecular formula is C23H24ClN3O4S. The van der Waals surface area contributed by atoms with Gasteiger partial charge in [-0.3, -0.25) is 4.90 Å². The van der Waals surface area contributed by atoms with Crippen molar-refractivity contribution in [3.8, 4) is 0 Å². The van der Waals surface area contributed by atoms with Gasteiger partial charge in [-0.05, 0) is 43.3 Å². The summed E-state index contributed by atoms with van der Waals surface area (Å²) in [5.41, 5.74) is 2.11. The molecule has 168 valence electrons. The van der Waals surface area contributed by atoms with Crippen LogP contribution in [0.4, 0.5) is 0 Å². The summed E-state index contributed by atoms with van der Waals surface area (Å²) in [6.45, 7) is 4.52. The fourth-order valence-corrected chi connectivity index (χ4v) is 5.37. The summed E-state index contributed by atoms with van der Waals surface area (Å²) >= 11 is 6.38. The van der Waals surface area contributed by atoms with Crippen LogP contribution in [-0.2, 0) is 21.3 Å². The number of nitrogens with zero attached hydrogens (tertiary/aromatic N) is 3. The van der Waals surface area contributed by atoms with Crippen molar-refractivity contribution >= 4 is 38.5 Å². The average molecular weight is 474 g/mol. The molecule has 3 aromatic rings. The van der Waals surface area contributed by atoms with Gasteiger partial charge in [-0.15, -0.1) is 0 Å². The van der Waals surface area contributed by atoms with Crippen molar-refractivity contribution in [3.63, 3.8) is 0 Å². The van der Waals surface area contributed by atoms with E-state index in [0.717, 1.165) is 16.5 Å². The summed E-state index contributed by atoms with van der Waals surface area (Å²) in [6, 6.07) is 15.7. The number of carbonyl (C=O) groups is 1. The highest BCUT2D eigenvalue weighted by Gasteiger charge is 2.29. The Labute approximate surface area is 192 Å². The Morgan fingerprint density at radius 3 is 2.44 bits per heavy atom. The number of hydrogen-bond donors (Lipinski definition) is 0. The largest absolute Gasteiger partial charge is 0.462 e. The second-order valence-electron chi connectivity index (χ2n) is 7.56. The zero-order valence-corrected chi connectivity index (χ0v) is 19.3. The van der Waals surface area contributed by atoms with Crippen molar-refractivity contribution in [1.82, 2.24) is 14.2 Å². The second-order valence-corrected chi connectivity index (χ2v) is 9.85. The molecule has 4 rings (SSSR count). The molecule has 1 aliphatic heterocycles. The lowest BCUT2D eigenvalue weighted by Crippen LogP contribution is -2.48. The van der Waals surface area contributed by atoms with Gasteiger partial charge in [-0.2, -0.15) is 4.31 Å². The number of sulfonamides is 1. The molecule has 2 heterocycles. The molecule has 2 aromatic carbocycles. The smallest absolute Gasteiger partial charge is 0.338 e. The number of esters is 1. The third-order valence-corrected chi connectivity index (χ3v) is 7.72. The maximum Gasteiger partial charge on any atom is 0.338 e. The maximum atomic E-state index is 13.0. The molecule has 0 atom stereocenters. The van der Waals surface area contributed by atoms with Crippen molar-refractivity contribution in [1.29, 1.82) is 0 Å². The minimum atomic E-state index is -3.63. The quantitative estimate of drug-likeness (QED) is 0.402. The predicted molar refractivity (Wildman–Crippen MR) is 123 cm³/mol. The summed E-state index contributed by atoms with van der Waals surface area (Å²) in [7, 11) is -3.63. The van der Waals surface area contributed by atoms with Crippen LogP contribution < -0.4 is 0 Å². The number of halogens is 1. The molecular weight excluding hydrogens is 450 g/mol. The van der Waals surface area contributed by atoms with Crippen molar-refractivity contribution in [3.05, 3.63) is 70.9 Å². The number of carbonyl (C=O) groups excluding carboxylic acids is 1. The van der Waals surface area contributed by atoms with Gasteiger partial charge in [0.15, 0.2) is 0 Å². The molecule has 0 spiro atoms. The summed E-state index contributed by atoms with van der Waals surface area (Å²) < 4.78 is 32.5. The van der Waals surface area contributed by atoms with Gasteiger partial charge in [0.2, 0.25) is 10.0 Å². The first-order valence-corrected chi connectivity index (χ1v) is 12.2. The van der Waals surface area contributed by atoms with E-state index in [0.29, 0.717) is 43.4 Å². The number of benzene rings is 2. The topological polar surface area (TPSA) is 79.8 Å². The standard InChI is InChI=1S/C23H24ClN3O4S/c1-2-31-23(28)17-7-9-20(10-8-17)32(29,30)27-13-11-26(12-14-27)16-19-15-18-5-3-4-6-21(18)25-22(19)24/h3-10,15H,2,11-14,16H2,1H3. The molecule has 32 heavy (non-hydrogen) atoms. The highest BCUT2D eigenvalue weighted by molar-refractivity contribution is 7.89. The van der Waals surface area contributed by atoms with Crippen LogP contribution >= 0.6 is 11.6 Å². The zero-order chi connectivity index (χ0) is 22.7. The number of hydrogen-bond acceptors (Lipinski definition) is 6. The van der Waals surface area contributed by atoms with Gasteiger partial charge in [-0.25, -0.2) is 18.2 Å². The number of rotatable bonds is 6. The van der Waals surface area contributed by atoms with Gasteiger partial charge in [0.05, 0.1) is 22.6 Å². The van der Waals surface area contributed by atoms with Crippen LogP contribution in [0.5, 0.6) is 0 Å². The van der Waals surface area contributed by atoms with E-state index < -0.39 is 16.0 Å². The highest BCUT2D eigenvalue weighted by Crippen LogP contribution is 2.24. The number of ether oxygens (including phenoxy) is 1. The fraction of sp³-hybridized carbons (Fsp3) is 0.304. The van der Waals surface area contributed by atoms with Crippen molar-refractivity contribution < 1.29 is 17.9 Å². The average Bonchev–Trinajstić information content (AvgIpc) is 2.80. The van der Waals surface area contributed by atoms with E-state index in [1.807, 2.05) is 30.3 Å². The third-order valence-electron chi connectivity index (χ3n) is 5.48.